The lowest BCUT2D eigenvalue weighted by molar-refractivity contribution is -0.128. The second kappa shape index (κ2) is 7.68. The van der Waals surface area contributed by atoms with Crippen LogP contribution in [0.25, 0.3) is 0 Å². The molecule has 0 bridgehead atoms. The summed E-state index contributed by atoms with van der Waals surface area (Å²) in [5.41, 5.74) is 1.30. The molecule has 0 saturated heterocycles. The van der Waals surface area contributed by atoms with Gasteiger partial charge >= 0.3 is 6.09 Å². The van der Waals surface area contributed by atoms with Gasteiger partial charge in [-0.15, -0.1) is 0 Å². The van der Waals surface area contributed by atoms with E-state index in [9.17, 15) is 9.59 Å². The Hall–Kier alpha value is -2.37. The van der Waals surface area contributed by atoms with E-state index in [2.05, 4.69) is 5.10 Å². The van der Waals surface area contributed by atoms with Crippen molar-refractivity contribution >= 4 is 17.7 Å². The van der Waals surface area contributed by atoms with Gasteiger partial charge in [0.1, 0.15) is 5.60 Å². The highest BCUT2D eigenvalue weighted by atomic mass is 16.6. The number of nitrogens with zero attached hydrogens (tertiary/aromatic N) is 3. The lowest BCUT2D eigenvalue weighted by Crippen LogP contribution is -2.43. The zero-order valence-corrected chi connectivity index (χ0v) is 15.7. The van der Waals surface area contributed by atoms with E-state index in [0.29, 0.717) is 12.3 Å². The van der Waals surface area contributed by atoms with Crippen LogP contribution in [-0.4, -0.2) is 52.9 Å². The van der Waals surface area contributed by atoms with E-state index < -0.39 is 11.7 Å². The Balaban J connectivity index is 1.97. The molecule has 6 nitrogen and oxygen atoms in total. The number of hydrogen-bond donors (Lipinski definition) is 0. The van der Waals surface area contributed by atoms with Gasteiger partial charge in [-0.05, 0) is 39.7 Å². The maximum Gasteiger partial charge on any atom is 0.410 e. The van der Waals surface area contributed by atoms with Gasteiger partial charge in [0.25, 0.3) is 0 Å². The van der Waals surface area contributed by atoms with Crippen molar-refractivity contribution < 1.29 is 14.3 Å². The fraction of sp³-hybridized carbons (Fsp3) is 0.526. The van der Waals surface area contributed by atoms with Crippen molar-refractivity contribution in [3.63, 3.8) is 0 Å². The number of ether oxygens (including phenoxy) is 1. The molecule has 2 amide bonds. The number of hydrogen-bond acceptors (Lipinski definition) is 4. The monoisotopic (exact) mass is 345 g/mol. The molecule has 2 rings (SSSR count). The molecule has 1 atom stereocenters. The molecule has 0 N–H and O–H groups in total. The van der Waals surface area contributed by atoms with Crippen molar-refractivity contribution in [2.45, 2.75) is 52.2 Å². The van der Waals surface area contributed by atoms with Crippen LogP contribution in [0, 0.1) is 0 Å². The van der Waals surface area contributed by atoms with Gasteiger partial charge in [0, 0.05) is 13.6 Å². The predicted octanol–water partition coefficient (Wildman–Crippen LogP) is 3.07. The van der Waals surface area contributed by atoms with Crippen molar-refractivity contribution in [3.8, 4) is 0 Å². The third-order valence-corrected chi connectivity index (χ3v) is 4.07. The molecule has 1 aromatic carbocycles. The first-order valence-corrected chi connectivity index (χ1v) is 8.55. The summed E-state index contributed by atoms with van der Waals surface area (Å²) >= 11 is 0. The van der Waals surface area contributed by atoms with Gasteiger partial charge in [0.2, 0.25) is 5.91 Å². The lowest BCUT2D eigenvalue weighted by atomic mass is 10.1. The van der Waals surface area contributed by atoms with Crippen LogP contribution >= 0.6 is 0 Å². The molecule has 1 aliphatic heterocycles. The molecular formula is C19H27N3O3. The summed E-state index contributed by atoms with van der Waals surface area (Å²) < 4.78 is 5.37. The maximum absolute atomic E-state index is 12.2. The molecule has 1 unspecified atom stereocenters. The highest BCUT2D eigenvalue weighted by Gasteiger charge is 2.32. The third-order valence-electron chi connectivity index (χ3n) is 4.07. The van der Waals surface area contributed by atoms with E-state index in [1.54, 1.807) is 7.05 Å². The van der Waals surface area contributed by atoms with Crippen LogP contribution in [-0.2, 0) is 16.0 Å². The van der Waals surface area contributed by atoms with Crippen LogP contribution in [0.1, 0.15) is 39.7 Å². The summed E-state index contributed by atoms with van der Waals surface area (Å²) in [6, 6.07) is 9.70. The first-order valence-electron chi connectivity index (χ1n) is 8.55. The molecule has 0 radical (unpaired) electrons. The number of carbonyl (C=O) groups is 2. The average Bonchev–Trinajstić information content (AvgIpc) is 2.92. The Morgan fingerprint density at radius 1 is 1.32 bits per heavy atom. The van der Waals surface area contributed by atoms with E-state index in [1.807, 2.05) is 58.0 Å². The normalized spacial score (nSPS) is 15.8. The molecule has 0 aliphatic carbocycles. The predicted molar refractivity (Wildman–Crippen MR) is 97.4 cm³/mol. The van der Waals surface area contributed by atoms with Gasteiger partial charge in [0.05, 0.1) is 18.2 Å². The summed E-state index contributed by atoms with van der Waals surface area (Å²) in [6.07, 6.45) is 0.570. The van der Waals surface area contributed by atoms with Crippen LogP contribution < -0.4 is 0 Å². The van der Waals surface area contributed by atoms with E-state index in [1.165, 1.54) is 9.91 Å². The van der Waals surface area contributed by atoms with E-state index in [4.69, 9.17) is 4.74 Å². The van der Waals surface area contributed by atoms with Crippen molar-refractivity contribution in [2.75, 3.05) is 13.6 Å². The summed E-state index contributed by atoms with van der Waals surface area (Å²) in [5, 5.41) is 5.94. The van der Waals surface area contributed by atoms with Crippen LogP contribution in [0.4, 0.5) is 4.79 Å². The number of hydrazone groups is 1. The number of benzene rings is 1. The van der Waals surface area contributed by atoms with Gasteiger partial charge < -0.3 is 9.64 Å². The number of carbonyl (C=O) groups excluding carboxylic acids is 2. The second-order valence-electron chi connectivity index (χ2n) is 7.29. The molecular weight excluding hydrogens is 318 g/mol. The van der Waals surface area contributed by atoms with E-state index in [-0.39, 0.29) is 18.4 Å². The highest BCUT2D eigenvalue weighted by molar-refractivity contribution is 6.08. The average molecular weight is 345 g/mol. The topological polar surface area (TPSA) is 62.2 Å². The molecule has 6 heteroatoms. The minimum atomic E-state index is -0.555. The molecule has 1 aliphatic rings. The Morgan fingerprint density at radius 2 is 1.96 bits per heavy atom. The number of amides is 2. The Labute approximate surface area is 149 Å². The van der Waals surface area contributed by atoms with E-state index >= 15 is 0 Å². The molecule has 1 heterocycles. The van der Waals surface area contributed by atoms with Gasteiger partial charge in [0.15, 0.2) is 0 Å². The summed E-state index contributed by atoms with van der Waals surface area (Å²) in [5.74, 6) is -0.0321. The molecule has 0 fully saturated rings. The quantitative estimate of drug-likeness (QED) is 0.824. The molecule has 0 aromatic heterocycles. The van der Waals surface area contributed by atoms with E-state index in [0.717, 1.165) is 12.0 Å². The second-order valence-corrected chi connectivity index (χ2v) is 7.29. The Morgan fingerprint density at radius 3 is 2.56 bits per heavy atom. The molecule has 136 valence electrons. The highest BCUT2D eigenvalue weighted by Crippen LogP contribution is 2.17. The SMILES string of the molecule is CC(C1=NN(CCc2ccccc2)C(=O)C1)N(C)C(=O)OC(C)(C)C. The van der Waals surface area contributed by atoms with Gasteiger partial charge in [-0.2, -0.15) is 5.10 Å². The number of rotatable bonds is 5. The van der Waals surface area contributed by atoms with Crippen molar-refractivity contribution in [3.05, 3.63) is 35.9 Å². The zero-order valence-electron chi connectivity index (χ0n) is 15.7. The Kier molecular flexibility index (Phi) is 5.82. The van der Waals surface area contributed by atoms with Crippen LogP contribution in [0.15, 0.2) is 35.4 Å². The summed E-state index contributed by atoms with van der Waals surface area (Å²) in [7, 11) is 1.67. The minimum Gasteiger partial charge on any atom is -0.444 e. The van der Waals surface area contributed by atoms with Crippen LogP contribution in [0.2, 0.25) is 0 Å². The fourth-order valence-electron chi connectivity index (χ4n) is 2.49. The summed E-state index contributed by atoms with van der Waals surface area (Å²) in [6.45, 7) is 7.87. The van der Waals surface area contributed by atoms with Crippen LogP contribution in [0.3, 0.4) is 0 Å². The van der Waals surface area contributed by atoms with Crippen LogP contribution in [0.5, 0.6) is 0 Å². The maximum atomic E-state index is 12.2. The van der Waals surface area contributed by atoms with Gasteiger partial charge in [-0.25, -0.2) is 9.80 Å². The molecule has 1 aromatic rings. The fourth-order valence-corrected chi connectivity index (χ4v) is 2.49. The van der Waals surface area contributed by atoms with Crippen molar-refractivity contribution in [1.29, 1.82) is 0 Å². The van der Waals surface area contributed by atoms with Gasteiger partial charge in [-0.3, -0.25) is 4.79 Å². The molecule has 0 spiro atoms. The molecule has 25 heavy (non-hydrogen) atoms. The first-order chi connectivity index (χ1) is 11.7. The van der Waals surface area contributed by atoms with Crippen molar-refractivity contribution in [2.24, 2.45) is 5.10 Å². The van der Waals surface area contributed by atoms with Crippen molar-refractivity contribution in [1.82, 2.24) is 9.91 Å². The Bertz CT molecular complexity index is 650. The summed E-state index contributed by atoms with van der Waals surface area (Å²) in [4.78, 5) is 25.9. The largest absolute Gasteiger partial charge is 0.444 e. The third kappa shape index (κ3) is 5.31. The lowest BCUT2D eigenvalue weighted by Gasteiger charge is -2.28. The standard InChI is InChI=1S/C19H27N3O3/c1-14(21(5)18(24)25-19(2,3)4)16-13-17(23)22(20-16)12-11-15-9-7-6-8-10-15/h6-10,14H,11-13H2,1-5H3. The molecule has 0 saturated carbocycles. The van der Waals surface area contributed by atoms with Gasteiger partial charge in [-0.1, -0.05) is 30.3 Å². The smallest absolute Gasteiger partial charge is 0.410 e. The zero-order chi connectivity index (χ0) is 18.6. The first kappa shape index (κ1) is 19.0. The minimum absolute atomic E-state index is 0.0321.